The van der Waals surface area contributed by atoms with E-state index in [9.17, 15) is 105 Å². The summed E-state index contributed by atoms with van der Waals surface area (Å²) in [7, 11) is 22.9. The van der Waals surface area contributed by atoms with Gasteiger partial charge < -0.3 is 98.2 Å². The number of carboxylic acid groups (broad SMARTS) is 1. The molecule has 116 heavy (non-hydrogen) atoms. The van der Waals surface area contributed by atoms with Gasteiger partial charge in [0.05, 0.1) is 130 Å². The maximum absolute atomic E-state index is 13.4. The van der Waals surface area contributed by atoms with Crippen molar-refractivity contribution in [3.8, 4) is 0 Å². The number of anilines is 1. The van der Waals surface area contributed by atoms with Crippen LogP contribution in [0.5, 0.6) is 0 Å². The number of carboxylic acids is 1. The molecule has 0 radical (unpaired) electrons. The number of carbonyl (C=O) groups excluding carboxylic acids is 21. The van der Waals surface area contributed by atoms with Gasteiger partial charge in [-0.25, -0.2) is 4.90 Å². The number of carbonyl (C=O) groups is 22. The fraction of sp³-hybridized carbons (Fsp3) is 0.571. The van der Waals surface area contributed by atoms with Gasteiger partial charge in [0.1, 0.15) is 6.54 Å². The number of amides is 21. The number of likely N-dealkylation sites (N-methyl/N-ethyl adjacent to an activating group) is 18. The van der Waals surface area contributed by atoms with Crippen molar-refractivity contribution in [2.75, 3.05) is 269 Å². The van der Waals surface area contributed by atoms with Crippen molar-refractivity contribution in [2.45, 2.75) is 6.42 Å². The van der Waals surface area contributed by atoms with Crippen LogP contribution in [-0.2, 0) is 112 Å². The number of aliphatic carboxylic acids is 1. The van der Waals surface area contributed by atoms with Crippen LogP contribution in [0.15, 0.2) is 41.5 Å². The van der Waals surface area contributed by atoms with Crippen molar-refractivity contribution in [2.24, 2.45) is 5.11 Å². The Labute approximate surface area is 670 Å². The van der Waals surface area contributed by atoms with Crippen LogP contribution in [0.3, 0.4) is 0 Å². The van der Waals surface area contributed by atoms with Crippen LogP contribution in [0.4, 0.5) is 5.69 Å². The van der Waals surface area contributed by atoms with Crippen molar-refractivity contribution in [1.82, 2.24) is 93.1 Å². The van der Waals surface area contributed by atoms with E-state index in [1.54, 1.807) is 0 Å². The van der Waals surface area contributed by atoms with Crippen LogP contribution in [0, 0.1) is 0 Å². The lowest BCUT2D eigenvalue weighted by Gasteiger charge is -2.28. The lowest BCUT2D eigenvalue weighted by atomic mass is 10.1. The molecule has 1 aliphatic heterocycles. The van der Waals surface area contributed by atoms with Crippen LogP contribution < -0.4 is 4.90 Å². The third-order valence-electron chi connectivity index (χ3n) is 17.9. The van der Waals surface area contributed by atoms with Crippen molar-refractivity contribution in [1.29, 1.82) is 0 Å². The molecule has 638 valence electrons. The van der Waals surface area contributed by atoms with E-state index >= 15 is 0 Å². The lowest BCUT2D eigenvalue weighted by Crippen LogP contribution is -2.50. The number of hydrogen-bond acceptors (Lipinski definition) is 23. The van der Waals surface area contributed by atoms with Crippen LogP contribution in [0.1, 0.15) is 5.56 Å². The van der Waals surface area contributed by atoms with Crippen molar-refractivity contribution in [3.05, 3.63) is 52.4 Å². The van der Waals surface area contributed by atoms with Gasteiger partial charge in [-0.1, -0.05) is 17.2 Å². The molecule has 1 heterocycles. The Hall–Kier alpha value is -13.2. The molecule has 0 atom stereocenters. The Kier molecular flexibility index (Phi) is 39.8. The van der Waals surface area contributed by atoms with Crippen molar-refractivity contribution in [3.63, 3.8) is 0 Å². The molecule has 2 rings (SSSR count). The van der Waals surface area contributed by atoms with Gasteiger partial charge in [-0.15, -0.1) is 0 Å². The van der Waals surface area contributed by atoms with Gasteiger partial charge in [0, 0.05) is 157 Å². The molecule has 0 aromatic heterocycles. The minimum Gasteiger partial charge on any atom is -0.480 e. The quantitative estimate of drug-likeness (QED) is 0.0274. The number of nitrogens with zero attached hydrogens (tertiary/aromatic N) is 23. The smallest absolute Gasteiger partial charge is 0.323 e. The highest BCUT2D eigenvalue weighted by molar-refractivity contribution is 6.28. The van der Waals surface area contributed by atoms with Crippen molar-refractivity contribution < 1.29 is 111 Å². The molecule has 1 aromatic rings. The summed E-state index contributed by atoms with van der Waals surface area (Å²) in [5.74, 6) is -15.4. The first kappa shape index (κ1) is 98.9. The summed E-state index contributed by atoms with van der Waals surface area (Å²) in [6.07, 6.45) is 2.03. The summed E-state index contributed by atoms with van der Waals surface area (Å²) in [6.45, 7) is -10.5. The van der Waals surface area contributed by atoms with E-state index in [1.807, 2.05) is 0 Å². The Morgan fingerprint density at radius 3 is 0.629 bits per heavy atom. The Morgan fingerprint density at radius 1 is 0.284 bits per heavy atom. The lowest BCUT2D eigenvalue weighted by molar-refractivity contribution is -0.147. The number of rotatable bonds is 44. The highest BCUT2D eigenvalue weighted by Gasteiger charge is 2.32. The summed E-state index contributed by atoms with van der Waals surface area (Å²) in [5, 5.41) is 12.3. The zero-order valence-corrected chi connectivity index (χ0v) is 68.7. The summed E-state index contributed by atoms with van der Waals surface area (Å²) < 4.78 is 0. The largest absolute Gasteiger partial charge is 0.480 e. The van der Waals surface area contributed by atoms with E-state index in [1.165, 1.54) is 151 Å². The highest BCUT2D eigenvalue weighted by atomic mass is 16.4. The second-order valence-electron chi connectivity index (χ2n) is 27.8. The van der Waals surface area contributed by atoms with E-state index in [4.69, 9.17) is 10.6 Å². The van der Waals surface area contributed by atoms with Gasteiger partial charge in [-0.05, 0) is 23.2 Å². The average molecular weight is 1640 g/mol. The molecule has 0 saturated carbocycles. The summed E-state index contributed by atoms with van der Waals surface area (Å²) >= 11 is 0. The predicted octanol–water partition coefficient (Wildman–Crippen LogP) is -8.87. The second kappa shape index (κ2) is 46.7. The molecule has 0 aliphatic carbocycles. The molecule has 0 unspecified atom stereocenters. The molecule has 0 saturated heterocycles. The first-order valence-electron chi connectivity index (χ1n) is 35.4. The number of azide groups is 1. The number of benzene rings is 1. The van der Waals surface area contributed by atoms with Gasteiger partial charge >= 0.3 is 5.97 Å². The molecule has 1 aliphatic rings. The SMILES string of the molecule is CN(CC(=O)O)C(=O)CN(C)C(=O)CN(C)C(=O)CN(C)C(=O)CN(C)C(=O)CN(C)C(=O)CN(C)C(=O)CN(C)C(=O)CN(C)C(=O)CN(C)C(=O)CN(C)C(=O)CN(C)C(=O)CN(C)C(=O)CN(C)C(=O)CN(C)C(=O)CN(C)C(=O)CN(C)C(=O)CN(C)C(=O)CN(CCN=[N+]=[N-])C(=O)Cc1ccc(N2C(=O)C=CC2=O)cc1. The summed E-state index contributed by atoms with van der Waals surface area (Å²) in [6, 6.07) is 6.01. The fourth-order valence-corrected chi connectivity index (χ4v) is 9.78. The molecule has 46 heteroatoms. The van der Waals surface area contributed by atoms with Crippen molar-refractivity contribution >= 4 is 136 Å². The molecule has 21 amide bonds. The normalized spacial score (nSPS) is 11.1. The predicted molar refractivity (Wildman–Crippen MR) is 407 cm³/mol. The van der Waals surface area contributed by atoms with Crippen LogP contribution >= 0.6 is 0 Å². The molecular weight excluding hydrogens is 1530 g/mol. The van der Waals surface area contributed by atoms with E-state index in [-0.39, 0.29) is 25.2 Å². The molecule has 1 aromatic carbocycles. The van der Waals surface area contributed by atoms with Crippen LogP contribution in [0.25, 0.3) is 10.4 Å². The Morgan fingerprint density at radius 2 is 0.457 bits per heavy atom. The molecule has 0 fully saturated rings. The highest BCUT2D eigenvalue weighted by Crippen LogP contribution is 2.20. The van der Waals surface area contributed by atoms with E-state index < -0.39 is 254 Å². The average Bonchev–Trinajstić information content (AvgIpc) is 1.65. The zero-order valence-electron chi connectivity index (χ0n) is 68.7. The maximum Gasteiger partial charge on any atom is 0.323 e. The maximum atomic E-state index is 13.4. The van der Waals surface area contributed by atoms with Crippen LogP contribution in [-0.4, -0.2) is 493 Å². The monoisotopic (exact) mass is 1640 g/mol. The van der Waals surface area contributed by atoms with Gasteiger partial charge in [0.25, 0.3) is 11.8 Å². The Balaban J connectivity index is 1.78. The first-order chi connectivity index (χ1) is 53.9. The van der Waals surface area contributed by atoms with Gasteiger partial charge in [-0.3, -0.25) is 105 Å². The Bertz CT molecular complexity index is 3960. The molecule has 1 N–H and O–H groups in total. The summed E-state index contributed by atoms with van der Waals surface area (Å²) in [5.41, 5.74) is 9.56. The molecular formula is C70H105N23O23. The number of hydrogen-bond donors (Lipinski definition) is 1. The minimum atomic E-state index is -1.25. The van der Waals surface area contributed by atoms with E-state index in [0.29, 0.717) is 5.56 Å². The minimum absolute atomic E-state index is 0.157. The topological polar surface area (TPSA) is 509 Å². The zero-order chi connectivity index (χ0) is 88.6. The van der Waals surface area contributed by atoms with Gasteiger partial charge in [-0.2, -0.15) is 0 Å². The van der Waals surface area contributed by atoms with E-state index in [0.717, 1.165) is 110 Å². The van der Waals surface area contributed by atoms with Crippen LogP contribution in [0.2, 0.25) is 0 Å². The summed E-state index contributed by atoms with van der Waals surface area (Å²) in [4.78, 5) is 306. The molecule has 46 nitrogen and oxygen atoms in total. The standard InChI is InChI=1S/C70H105N23O23/c1-74(28-52(97)75(2)30-54(99)77(4)32-56(101)79(6)34-58(103)81(8)36-60(105)83(10)38-62(107)85(12)40-64(109)87(14)42-66(111)89(16)44-68(113)91(18)46-70(115)116)53(98)29-76(3)55(100)31-78(5)57(102)33-80(7)59(104)35-82(9)61(106)37-84(11)63(108)39-86(13)65(110)41-88(15)67(112)43-90(17)69(114)45-92(26-25-72-73-71)51(96)27-47-19-21-48(22-20-47)93-49(94)23-24-50(93)95/h19-24H,25-46H2,1-18H3,(H,115,116). The third kappa shape index (κ3) is 32.9. The van der Waals surface area contributed by atoms with Gasteiger partial charge in [0.15, 0.2) is 0 Å². The second-order valence-corrected chi connectivity index (χ2v) is 27.8. The molecule has 0 bridgehead atoms. The molecule has 0 spiro atoms. The fourth-order valence-electron chi connectivity index (χ4n) is 9.78. The third-order valence-corrected chi connectivity index (χ3v) is 17.9. The van der Waals surface area contributed by atoms with E-state index in [2.05, 4.69) is 10.0 Å². The first-order valence-corrected chi connectivity index (χ1v) is 35.4. The van der Waals surface area contributed by atoms with Gasteiger partial charge in [0.2, 0.25) is 112 Å². The number of imide groups is 1.